The Labute approximate surface area is 112 Å². The van der Waals surface area contributed by atoms with E-state index in [0.29, 0.717) is 6.04 Å². The second kappa shape index (κ2) is 5.25. The minimum absolute atomic E-state index is 0.189. The van der Waals surface area contributed by atoms with Crippen LogP contribution in [0.15, 0.2) is 0 Å². The zero-order chi connectivity index (χ0) is 12.5. The lowest BCUT2D eigenvalue weighted by molar-refractivity contribution is -0.0502. The molecular weight excluding hydrogens is 246 g/mol. The molecule has 1 N–H and O–H groups in total. The van der Waals surface area contributed by atoms with E-state index in [1.165, 1.54) is 24.3 Å². The Morgan fingerprint density at radius 3 is 3.28 bits per heavy atom. The molecule has 1 aromatic heterocycles. The monoisotopic (exact) mass is 267 g/mol. The standard InChI is InChI=1S/C13H21N3OS/c1-9-12(6-14-2)18-13(15-9)11-7-16-5-3-4-10(16)8-17-11/h10-11,14H,3-8H2,1-2H3. The summed E-state index contributed by atoms with van der Waals surface area (Å²) in [4.78, 5) is 8.60. The van der Waals surface area contributed by atoms with Crippen LogP contribution in [0.4, 0.5) is 0 Å². The maximum Gasteiger partial charge on any atom is 0.123 e. The lowest BCUT2D eigenvalue weighted by atomic mass is 10.2. The van der Waals surface area contributed by atoms with E-state index in [0.717, 1.165) is 30.4 Å². The Morgan fingerprint density at radius 1 is 1.56 bits per heavy atom. The summed E-state index contributed by atoms with van der Waals surface area (Å²) in [5, 5.41) is 4.35. The first-order valence-electron chi connectivity index (χ1n) is 6.74. The average molecular weight is 267 g/mol. The van der Waals surface area contributed by atoms with Gasteiger partial charge in [-0.2, -0.15) is 0 Å². The number of thiazole rings is 1. The van der Waals surface area contributed by atoms with Crippen LogP contribution >= 0.6 is 11.3 Å². The molecule has 4 nitrogen and oxygen atoms in total. The number of rotatable bonds is 3. The molecule has 18 heavy (non-hydrogen) atoms. The van der Waals surface area contributed by atoms with Gasteiger partial charge in [0.25, 0.3) is 0 Å². The van der Waals surface area contributed by atoms with Gasteiger partial charge in [0.15, 0.2) is 0 Å². The Morgan fingerprint density at radius 2 is 2.44 bits per heavy atom. The molecule has 5 heteroatoms. The molecule has 0 spiro atoms. The molecule has 100 valence electrons. The third-order valence-electron chi connectivity index (χ3n) is 3.91. The van der Waals surface area contributed by atoms with Crippen molar-refractivity contribution in [3.05, 3.63) is 15.6 Å². The van der Waals surface area contributed by atoms with Crippen LogP contribution in [0.25, 0.3) is 0 Å². The van der Waals surface area contributed by atoms with E-state index < -0.39 is 0 Å². The van der Waals surface area contributed by atoms with Crippen LogP contribution in [0.2, 0.25) is 0 Å². The first-order valence-corrected chi connectivity index (χ1v) is 7.56. The number of fused-ring (bicyclic) bond motifs is 1. The summed E-state index contributed by atoms with van der Waals surface area (Å²) in [5.74, 6) is 0. The number of aryl methyl sites for hydroxylation is 1. The van der Waals surface area contributed by atoms with E-state index in [4.69, 9.17) is 9.72 Å². The highest BCUT2D eigenvalue weighted by atomic mass is 32.1. The molecule has 2 fully saturated rings. The van der Waals surface area contributed by atoms with Gasteiger partial charge in [-0.15, -0.1) is 11.3 Å². The highest BCUT2D eigenvalue weighted by molar-refractivity contribution is 7.11. The number of ether oxygens (including phenoxy) is 1. The van der Waals surface area contributed by atoms with Crippen molar-refractivity contribution in [3.63, 3.8) is 0 Å². The van der Waals surface area contributed by atoms with E-state index in [1.807, 2.05) is 7.05 Å². The van der Waals surface area contributed by atoms with Gasteiger partial charge >= 0.3 is 0 Å². The number of morpholine rings is 1. The van der Waals surface area contributed by atoms with Gasteiger partial charge in [0, 0.05) is 24.0 Å². The third kappa shape index (κ3) is 2.32. The molecule has 2 aliphatic heterocycles. The smallest absolute Gasteiger partial charge is 0.123 e. The molecule has 1 aromatic rings. The number of aromatic nitrogens is 1. The van der Waals surface area contributed by atoms with Crippen LogP contribution in [-0.4, -0.2) is 42.7 Å². The van der Waals surface area contributed by atoms with E-state index in [9.17, 15) is 0 Å². The van der Waals surface area contributed by atoms with Crippen molar-refractivity contribution in [3.8, 4) is 0 Å². The summed E-state index contributed by atoms with van der Waals surface area (Å²) >= 11 is 1.80. The Hall–Kier alpha value is -0.490. The predicted octanol–water partition coefficient (Wildman–Crippen LogP) is 1.71. The summed E-state index contributed by atoms with van der Waals surface area (Å²) in [7, 11) is 1.98. The van der Waals surface area contributed by atoms with E-state index in [-0.39, 0.29) is 6.10 Å². The zero-order valence-corrected chi connectivity index (χ0v) is 11.9. The van der Waals surface area contributed by atoms with E-state index in [2.05, 4.69) is 17.1 Å². The topological polar surface area (TPSA) is 37.4 Å². The second-order valence-electron chi connectivity index (χ2n) is 5.20. The van der Waals surface area contributed by atoms with Gasteiger partial charge in [-0.3, -0.25) is 4.90 Å². The molecule has 0 radical (unpaired) electrons. The molecule has 0 amide bonds. The lowest BCUT2D eigenvalue weighted by Gasteiger charge is -2.34. The highest BCUT2D eigenvalue weighted by Gasteiger charge is 2.34. The minimum atomic E-state index is 0.189. The van der Waals surface area contributed by atoms with Crippen molar-refractivity contribution in [2.75, 3.05) is 26.7 Å². The number of hydrogen-bond donors (Lipinski definition) is 1. The zero-order valence-electron chi connectivity index (χ0n) is 11.1. The molecule has 2 unspecified atom stereocenters. The van der Waals surface area contributed by atoms with Crippen molar-refractivity contribution in [2.45, 2.75) is 38.5 Å². The van der Waals surface area contributed by atoms with Crippen LogP contribution in [0, 0.1) is 6.92 Å². The predicted molar refractivity (Wildman–Crippen MR) is 72.9 cm³/mol. The largest absolute Gasteiger partial charge is 0.368 e. The summed E-state index contributed by atoms with van der Waals surface area (Å²) in [6, 6.07) is 0.666. The van der Waals surface area contributed by atoms with Crippen LogP contribution in [0.5, 0.6) is 0 Å². The normalized spacial score (nSPS) is 28.6. The van der Waals surface area contributed by atoms with Crippen LogP contribution in [0.1, 0.15) is 34.5 Å². The Balaban J connectivity index is 1.72. The molecule has 0 bridgehead atoms. The van der Waals surface area contributed by atoms with Crippen molar-refractivity contribution in [1.82, 2.24) is 15.2 Å². The van der Waals surface area contributed by atoms with Crippen molar-refractivity contribution in [2.24, 2.45) is 0 Å². The SMILES string of the molecule is CNCc1sc(C2CN3CCCC3CO2)nc1C. The fourth-order valence-electron chi connectivity index (χ4n) is 2.88. The maximum atomic E-state index is 6.01. The number of hydrogen-bond acceptors (Lipinski definition) is 5. The fraction of sp³-hybridized carbons (Fsp3) is 0.769. The Kier molecular flexibility index (Phi) is 3.66. The van der Waals surface area contributed by atoms with Crippen LogP contribution in [0.3, 0.4) is 0 Å². The third-order valence-corrected chi connectivity index (χ3v) is 5.16. The highest BCUT2D eigenvalue weighted by Crippen LogP contribution is 2.32. The fourth-order valence-corrected chi connectivity index (χ4v) is 4.00. The quantitative estimate of drug-likeness (QED) is 0.904. The van der Waals surface area contributed by atoms with Gasteiger partial charge in [0.1, 0.15) is 11.1 Å². The Bertz CT molecular complexity index is 420. The molecule has 3 heterocycles. The van der Waals surface area contributed by atoms with Crippen LogP contribution < -0.4 is 5.32 Å². The van der Waals surface area contributed by atoms with Gasteiger partial charge in [0.05, 0.1) is 12.3 Å². The summed E-state index contributed by atoms with van der Waals surface area (Å²) in [6.07, 6.45) is 2.81. The summed E-state index contributed by atoms with van der Waals surface area (Å²) in [5.41, 5.74) is 1.15. The molecular formula is C13H21N3OS. The molecule has 2 saturated heterocycles. The summed E-state index contributed by atoms with van der Waals surface area (Å²) in [6.45, 7) is 6.14. The first-order chi connectivity index (χ1) is 8.78. The van der Waals surface area contributed by atoms with Gasteiger partial charge in [0.2, 0.25) is 0 Å². The van der Waals surface area contributed by atoms with Gasteiger partial charge < -0.3 is 10.1 Å². The lowest BCUT2D eigenvalue weighted by Crippen LogP contribution is -2.42. The second-order valence-corrected chi connectivity index (χ2v) is 6.32. The van der Waals surface area contributed by atoms with Crippen molar-refractivity contribution < 1.29 is 4.74 Å². The number of nitrogens with zero attached hydrogens (tertiary/aromatic N) is 2. The van der Waals surface area contributed by atoms with Crippen LogP contribution in [-0.2, 0) is 11.3 Å². The van der Waals surface area contributed by atoms with Crippen molar-refractivity contribution >= 4 is 11.3 Å². The molecule has 0 aromatic carbocycles. The van der Waals surface area contributed by atoms with Crippen molar-refractivity contribution in [1.29, 1.82) is 0 Å². The first kappa shape index (κ1) is 12.5. The van der Waals surface area contributed by atoms with Gasteiger partial charge in [-0.1, -0.05) is 0 Å². The van der Waals surface area contributed by atoms with E-state index in [1.54, 1.807) is 11.3 Å². The minimum Gasteiger partial charge on any atom is -0.368 e. The number of nitrogens with one attached hydrogen (secondary N) is 1. The average Bonchev–Trinajstić information content (AvgIpc) is 2.96. The maximum absolute atomic E-state index is 6.01. The van der Waals surface area contributed by atoms with Gasteiger partial charge in [-0.05, 0) is 33.4 Å². The molecule has 0 saturated carbocycles. The molecule has 2 aliphatic rings. The molecule has 0 aliphatic carbocycles. The summed E-state index contributed by atoms with van der Waals surface area (Å²) < 4.78 is 6.01. The molecule has 3 rings (SSSR count). The molecule has 2 atom stereocenters. The van der Waals surface area contributed by atoms with Gasteiger partial charge in [-0.25, -0.2) is 4.98 Å². The van der Waals surface area contributed by atoms with E-state index >= 15 is 0 Å².